The van der Waals surface area contributed by atoms with Crippen LogP contribution < -0.4 is 0 Å². The van der Waals surface area contributed by atoms with E-state index in [1.165, 1.54) is 11.6 Å². The Balaban J connectivity index is 1.61. The zero-order chi connectivity index (χ0) is 19.1. The summed E-state index contributed by atoms with van der Waals surface area (Å²) in [6, 6.07) is 6.59. The van der Waals surface area contributed by atoms with Gasteiger partial charge in [-0.15, -0.1) is 0 Å². The Morgan fingerprint density at radius 3 is 2.23 bits per heavy atom. The summed E-state index contributed by atoms with van der Waals surface area (Å²) in [4.78, 5) is 29.1. The number of piperazine rings is 1. The highest BCUT2D eigenvalue weighted by atomic mass is 16.3. The number of hydrogen-bond donors (Lipinski definition) is 1. The van der Waals surface area contributed by atoms with E-state index in [0.29, 0.717) is 37.7 Å². The van der Waals surface area contributed by atoms with Gasteiger partial charge in [-0.1, -0.05) is 37.6 Å². The summed E-state index contributed by atoms with van der Waals surface area (Å²) >= 11 is 0. The first-order valence-electron chi connectivity index (χ1n) is 9.24. The van der Waals surface area contributed by atoms with Crippen molar-refractivity contribution in [2.24, 2.45) is 17.3 Å². The van der Waals surface area contributed by atoms with Crippen LogP contribution in [0.15, 0.2) is 35.9 Å². The maximum Gasteiger partial charge on any atom is 0.257 e. The third kappa shape index (κ3) is 3.35. The smallest absolute Gasteiger partial charge is 0.257 e. The number of nitrogens with zero attached hydrogens (tertiary/aromatic N) is 2. The quantitative estimate of drug-likeness (QED) is 0.847. The molecular weight excluding hydrogens is 328 g/mol. The zero-order valence-corrected chi connectivity index (χ0v) is 16.0. The lowest BCUT2D eigenvalue weighted by Gasteiger charge is -2.35. The molecule has 0 radical (unpaired) electrons. The molecular formula is C21H28N2O3. The largest absolute Gasteiger partial charge is 0.507 e. The van der Waals surface area contributed by atoms with E-state index in [2.05, 4.69) is 33.8 Å². The van der Waals surface area contributed by atoms with Gasteiger partial charge >= 0.3 is 0 Å². The number of phenols is 1. The highest BCUT2D eigenvalue weighted by molar-refractivity contribution is 5.97. The van der Waals surface area contributed by atoms with Gasteiger partial charge in [0.05, 0.1) is 11.5 Å². The average molecular weight is 356 g/mol. The fraction of sp³-hybridized carbons (Fsp3) is 0.524. The predicted octanol–water partition coefficient (Wildman–Crippen LogP) is 2.92. The van der Waals surface area contributed by atoms with E-state index in [1.807, 2.05) is 4.90 Å². The van der Waals surface area contributed by atoms with Crippen LogP contribution in [0.5, 0.6) is 5.75 Å². The number of allylic oxidation sites excluding steroid dienone is 2. The van der Waals surface area contributed by atoms with Gasteiger partial charge in [-0.3, -0.25) is 9.59 Å². The van der Waals surface area contributed by atoms with Gasteiger partial charge in [0.1, 0.15) is 5.75 Å². The summed E-state index contributed by atoms with van der Waals surface area (Å²) < 4.78 is 0. The first-order valence-corrected chi connectivity index (χ1v) is 9.24. The van der Waals surface area contributed by atoms with E-state index < -0.39 is 0 Å². The maximum absolute atomic E-state index is 12.9. The molecule has 1 saturated carbocycles. The predicted molar refractivity (Wildman–Crippen MR) is 101 cm³/mol. The molecule has 1 aromatic carbocycles. The molecule has 2 fully saturated rings. The molecule has 1 aromatic rings. The van der Waals surface area contributed by atoms with Crippen molar-refractivity contribution in [2.45, 2.75) is 27.7 Å². The SMILES string of the molecule is CC(C)=C[C@H]1[C@H](C(=O)N2CCN(C(=O)c3ccccc3O)CC2)C1(C)C. The summed E-state index contributed by atoms with van der Waals surface area (Å²) in [6.45, 7) is 10.5. The molecule has 0 unspecified atom stereocenters. The van der Waals surface area contributed by atoms with E-state index in [4.69, 9.17) is 0 Å². The minimum Gasteiger partial charge on any atom is -0.507 e. The van der Waals surface area contributed by atoms with Gasteiger partial charge in [0, 0.05) is 26.2 Å². The number of amides is 2. The number of aromatic hydroxyl groups is 1. The molecule has 140 valence electrons. The maximum atomic E-state index is 12.9. The molecule has 1 heterocycles. The van der Waals surface area contributed by atoms with E-state index in [-0.39, 0.29) is 28.9 Å². The van der Waals surface area contributed by atoms with Crippen molar-refractivity contribution in [3.05, 3.63) is 41.5 Å². The monoisotopic (exact) mass is 356 g/mol. The summed E-state index contributed by atoms with van der Waals surface area (Å²) in [7, 11) is 0. The van der Waals surface area contributed by atoms with Crippen molar-refractivity contribution < 1.29 is 14.7 Å². The number of carbonyl (C=O) groups excluding carboxylic acids is 2. The number of benzene rings is 1. The van der Waals surface area contributed by atoms with Crippen molar-refractivity contribution >= 4 is 11.8 Å². The van der Waals surface area contributed by atoms with Crippen molar-refractivity contribution in [1.82, 2.24) is 9.80 Å². The first kappa shape index (κ1) is 18.5. The fourth-order valence-electron chi connectivity index (χ4n) is 3.97. The van der Waals surface area contributed by atoms with Gasteiger partial charge in [0.2, 0.25) is 5.91 Å². The second-order valence-electron chi connectivity index (χ2n) is 8.20. The number of rotatable bonds is 3. The Kier molecular flexibility index (Phi) is 4.82. The summed E-state index contributed by atoms with van der Waals surface area (Å²) in [5.41, 5.74) is 1.58. The van der Waals surface area contributed by atoms with Gasteiger partial charge in [-0.2, -0.15) is 0 Å². The minimum absolute atomic E-state index is 0.000278. The lowest BCUT2D eigenvalue weighted by Crippen LogP contribution is -2.51. The molecule has 1 aliphatic carbocycles. The Bertz CT molecular complexity index is 741. The van der Waals surface area contributed by atoms with Gasteiger partial charge in [-0.25, -0.2) is 0 Å². The van der Waals surface area contributed by atoms with Crippen molar-refractivity contribution in [3.63, 3.8) is 0 Å². The lowest BCUT2D eigenvalue weighted by atomic mass is 10.1. The van der Waals surface area contributed by atoms with Crippen LogP contribution in [-0.4, -0.2) is 52.9 Å². The third-order valence-corrected chi connectivity index (χ3v) is 5.70. The Morgan fingerprint density at radius 2 is 1.65 bits per heavy atom. The van der Waals surface area contributed by atoms with Gasteiger partial charge in [-0.05, 0) is 37.3 Å². The molecule has 1 aliphatic heterocycles. The molecule has 0 spiro atoms. The van der Waals surface area contributed by atoms with Crippen LogP contribution in [0.25, 0.3) is 0 Å². The molecule has 3 rings (SSSR count). The van der Waals surface area contributed by atoms with Crippen molar-refractivity contribution in [3.8, 4) is 5.75 Å². The average Bonchev–Trinajstić information content (AvgIpc) is 3.13. The molecule has 2 amide bonds. The highest BCUT2D eigenvalue weighted by Gasteiger charge is 2.61. The minimum atomic E-state index is -0.177. The molecule has 1 saturated heterocycles. The zero-order valence-electron chi connectivity index (χ0n) is 16.0. The van der Waals surface area contributed by atoms with Crippen LogP contribution in [0.2, 0.25) is 0 Å². The molecule has 26 heavy (non-hydrogen) atoms. The second kappa shape index (κ2) is 6.78. The van der Waals surface area contributed by atoms with Gasteiger partial charge in [0.25, 0.3) is 5.91 Å². The number of phenolic OH excluding ortho intramolecular Hbond substituents is 1. The van der Waals surface area contributed by atoms with E-state index in [1.54, 1.807) is 23.1 Å². The van der Waals surface area contributed by atoms with Crippen molar-refractivity contribution in [1.29, 1.82) is 0 Å². The molecule has 5 nitrogen and oxygen atoms in total. The third-order valence-electron chi connectivity index (χ3n) is 5.70. The topological polar surface area (TPSA) is 60.9 Å². The molecule has 1 N–H and O–H groups in total. The first-order chi connectivity index (χ1) is 12.2. The second-order valence-corrected chi connectivity index (χ2v) is 8.20. The number of hydrogen-bond acceptors (Lipinski definition) is 3. The number of para-hydroxylation sites is 1. The van der Waals surface area contributed by atoms with Gasteiger partial charge < -0.3 is 14.9 Å². The van der Waals surface area contributed by atoms with Crippen LogP contribution in [0, 0.1) is 17.3 Å². The molecule has 5 heteroatoms. The van der Waals surface area contributed by atoms with E-state index in [0.717, 1.165) is 0 Å². The van der Waals surface area contributed by atoms with Crippen LogP contribution in [-0.2, 0) is 4.79 Å². The van der Waals surface area contributed by atoms with Gasteiger partial charge in [0.15, 0.2) is 0 Å². The van der Waals surface area contributed by atoms with Crippen LogP contribution in [0.3, 0.4) is 0 Å². The van der Waals surface area contributed by atoms with Crippen LogP contribution >= 0.6 is 0 Å². The normalized spacial score (nSPS) is 24.2. The Labute approximate surface area is 155 Å². The molecule has 0 bridgehead atoms. The summed E-state index contributed by atoms with van der Waals surface area (Å²) in [5, 5.41) is 9.87. The lowest BCUT2D eigenvalue weighted by molar-refractivity contribution is -0.135. The van der Waals surface area contributed by atoms with Crippen LogP contribution in [0.4, 0.5) is 0 Å². The molecule has 2 atom stereocenters. The van der Waals surface area contributed by atoms with Crippen molar-refractivity contribution in [2.75, 3.05) is 26.2 Å². The summed E-state index contributed by atoms with van der Waals surface area (Å²) in [5.74, 6) is 0.371. The van der Waals surface area contributed by atoms with E-state index in [9.17, 15) is 14.7 Å². The molecule has 0 aromatic heterocycles. The Hall–Kier alpha value is -2.30. The van der Waals surface area contributed by atoms with Crippen LogP contribution in [0.1, 0.15) is 38.1 Å². The van der Waals surface area contributed by atoms with E-state index >= 15 is 0 Å². The summed E-state index contributed by atoms with van der Waals surface area (Å²) in [6.07, 6.45) is 2.21. The fourth-order valence-corrected chi connectivity index (χ4v) is 3.97. The standard InChI is InChI=1S/C21H28N2O3/c1-14(2)13-16-18(21(16,3)4)20(26)23-11-9-22(10-12-23)19(25)15-7-5-6-8-17(15)24/h5-8,13,16,18,24H,9-12H2,1-4H3/t16-,18+/m0/s1. The molecule has 2 aliphatic rings. The Morgan fingerprint density at radius 1 is 1.08 bits per heavy atom. The highest BCUT2D eigenvalue weighted by Crippen LogP contribution is 2.60. The number of carbonyl (C=O) groups is 2.